The van der Waals surface area contributed by atoms with E-state index in [0.717, 1.165) is 0 Å². The topological polar surface area (TPSA) is 78.2 Å². The van der Waals surface area contributed by atoms with Crippen LogP contribution in [0.1, 0.15) is 26.2 Å². The monoisotopic (exact) mass is 229 g/mol. The second kappa shape index (κ2) is 2.96. The van der Waals surface area contributed by atoms with Gasteiger partial charge in [-0.1, -0.05) is 6.92 Å². The second-order valence-corrected chi connectivity index (χ2v) is 7.27. The van der Waals surface area contributed by atoms with Gasteiger partial charge in [0.15, 0.2) is 9.84 Å². The van der Waals surface area contributed by atoms with Crippen molar-refractivity contribution >= 4 is 9.84 Å². The molecule has 1 aliphatic heterocycles. The van der Waals surface area contributed by atoms with E-state index in [1.807, 2.05) is 6.92 Å². The summed E-state index contributed by atoms with van der Waals surface area (Å²) >= 11 is 0. The number of rotatable bonds is 1. The Kier molecular flexibility index (Phi) is 2.15. The van der Waals surface area contributed by atoms with Crippen LogP contribution in [0.2, 0.25) is 0 Å². The molecule has 2 fully saturated rings. The van der Waals surface area contributed by atoms with E-state index >= 15 is 0 Å². The van der Waals surface area contributed by atoms with Crippen molar-refractivity contribution in [1.29, 1.82) is 5.26 Å². The first kappa shape index (κ1) is 10.9. The smallest absolute Gasteiger partial charge is 0.152 e. The highest BCUT2D eigenvalue weighted by molar-refractivity contribution is 7.91. The molecule has 1 saturated heterocycles. The van der Waals surface area contributed by atoms with Gasteiger partial charge in [-0.2, -0.15) is 5.26 Å². The fraction of sp³-hybridized carbons (Fsp3) is 0.900. The van der Waals surface area contributed by atoms with Gasteiger partial charge in [0.1, 0.15) is 5.41 Å². The lowest BCUT2D eigenvalue weighted by atomic mass is 9.58. The zero-order valence-electron chi connectivity index (χ0n) is 8.73. The molecule has 0 aromatic heterocycles. The molecule has 1 atom stereocenters. The minimum Gasteiger partial charge on any atom is -0.388 e. The van der Waals surface area contributed by atoms with Crippen LogP contribution in [-0.2, 0) is 9.84 Å². The van der Waals surface area contributed by atoms with E-state index in [9.17, 15) is 13.5 Å². The van der Waals surface area contributed by atoms with Gasteiger partial charge in [-0.15, -0.1) is 0 Å². The summed E-state index contributed by atoms with van der Waals surface area (Å²) < 4.78 is 22.8. The third-order valence-corrected chi connectivity index (χ3v) is 5.54. The van der Waals surface area contributed by atoms with Crippen molar-refractivity contribution in [2.45, 2.75) is 31.8 Å². The van der Waals surface area contributed by atoms with Crippen LogP contribution in [0, 0.1) is 22.7 Å². The third kappa shape index (κ3) is 1.47. The predicted octanol–water partition coefficient (Wildman–Crippen LogP) is 0.476. The standard InChI is InChI=1S/C10H15NO3S/c1-8-4-10(12,5-8)9(6-11)2-3-15(13,14)7-9/h8,12H,2-5,7H2,1H3. The molecule has 0 aromatic rings. The summed E-state index contributed by atoms with van der Waals surface area (Å²) in [6.07, 6.45) is 1.39. The Bertz CT molecular complexity index is 416. The van der Waals surface area contributed by atoms with Gasteiger partial charge >= 0.3 is 0 Å². The van der Waals surface area contributed by atoms with Crippen LogP contribution in [-0.4, -0.2) is 30.6 Å². The van der Waals surface area contributed by atoms with Crippen molar-refractivity contribution in [2.75, 3.05) is 11.5 Å². The van der Waals surface area contributed by atoms with E-state index in [4.69, 9.17) is 5.26 Å². The van der Waals surface area contributed by atoms with Crippen molar-refractivity contribution in [3.63, 3.8) is 0 Å². The molecule has 1 unspecified atom stereocenters. The minimum atomic E-state index is -3.13. The molecule has 0 amide bonds. The highest BCUT2D eigenvalue weighted by Gasteiger charge is 2.61. The van der Waals surface area contributed by atoms with E-state index in [0.29, 0.717) is 18.8 Å². The van der Waals surface area contributed by atoms with Gasteiger partial charge in [0, 0.05) is 0 Å². The average molecular weight is 229 g/mol. The maximum atomic E-state index is 11.4. The Morgan fingerprint density at radius 3 is 2.40 bits per heavy atom. The quantitative estimate of drug-likeness (QED) is 0.709. The normalized spacial score (nSPS) is 48.2. The van der Waals surface area contributed by atoms with Crippen LogP contribution < -0.4 is 0 Å². The summed E-state index contributed by atoms with van der Waals surface area (Å²) in [4.78, 5) is 0. The lowest BCUT2D eigenvalue weighted by molar-refractivity contribution is -0.132. The number of nitrogens with zero attached hydrogens (tertiary/aromatic N) is 1. The van der Waals surface area contributed by atoms with Crippen LogP contribution in [0.4, 0.5) is 0 Å². The molecular weight excluding hydrogens is 214 g/mol. The zero-order chi connectivity index (χ0) is 11.3. The summed E-state index contributed by atoms with van der Waals surface area (Å²) in [5.74, 6) is 0.264. The number of hydrogen-bond donors (Lipinski definition) is 1. The highest BCUT2D eigenvalue weighted by atomic mass is 32.2. The second-order valence-electron chi connectivity index (χ2n) is 5.08. The molecule has 1 saturated carbocycles. The van der Waals surface area contributed by atoms with Crippen molar-refractivity contribution in [3.05, 3.63) is 0 Å². The van der Waals surface area contributed by atoms with Crippen molar-refractivity contribution in [3.8, 4) is 6.07 Å². The average Bonchev–Trinajstić information content (AvgIpc) is 2.41. The van der Waals surface area contributed by atoms with Crippen molar-refractivity contribution in [2.24, 2.45) is 11.3 Å². The number of aliphatic hydroxyl groups is 1. The fourth-order valence-corrected chi connectivity index (χ4v) is 4.92. The van der Waals surface area contributed by atoms with Crippen molar-refractivity contribution < 1.29 is 13.5 Å². The summed E-state index contributed by atoms with van der Waals surface area (Å²) in [5, 5.41) is 19.4. The van der Waals surface area contributed by atoms with E-state index in [2.05, 4.69) is 6.07 Å². The summed E-state index contributed by atoms with van der Waals surface area (Å²) in [6, 6.07) is 2.07. The molecule has 1 N–H and O–H groups in total. The zero-order valence-corrected chi connectivity index (χ0v) is 9.55. The van der Waals surface area contributed by atoms with Gasteiger partial charge in [-0.05, 0) is 25.2 Å². The summed E-state index contributed by atoms with van der Waals surface area (Å²) in [5.41, 5.74) is -2.11. The van der Waals surface area contributed by atoms with Gasteiger partial charge in [-0.25, -0.2) is 8.42 Å². The van der Waals surface area contributed by atoms with Gasteiger partial charge < -0.3 is 5.11 Å². The highest BCUT2D eigenvalue weighted by Crippen LogP contribution is 2.53. The first-order chi connectivity index (χ1) is 6.83. The molecule has 0 aromatic carbocycles. The molecule has 2 aliphatic rings. The van der Waals surface area contributed by atoms with Gasteiger partial charge in [-0.3, -0.25) is 0 Å². The summed E-state index contributed by atoms with van der Waals surface area (Å²) in [6.45, 7) is 2.00. The fourth-order valence-electron chi connectivity index (χ4n) is 2.89. The van der Waals surface area contributed by atoms with Gasteiger partial charge in [0.2, 0.25) is 0 Å². The predicted molar refractivity (Wildman–Crippen MR) is 54.7 cm³/mol. The number of nitriles is 1. The van der Waals surface area contributed by atoms with Crippen LogP contribution in [0.5, 0.6) is 0 Å². The third-order valence-electron chi connectivity index (χ3n) is 3.78. The van der Waals surface area contributed by atoms with Crippen LogP contribution >= 0.6 is 0 Å². The Morgan fingerprint density at radius 1 is 1.47 bits per heavy atom. The Morgan fingerprint density at radius 2 is 2.07 bits per heavy atom. The van der Waals surface area contributed by atoms with Crippen LogP contribution in [0.25, 0.3) is 0 Å². The molecule has 4 nitrogen and oxygen atoms in total. The van der Waals surface area contributed by atoms with E-state index in [1.165, 1.54) is 0 Å². The minimum absolute atomic E-state index is 0.0389. The largest absolute Gasteiger partial charge is 0.388 e. The lowest BCUT2D eigenvalue weighted by Gasteiger charge is -2.50. The number of sulfone groups is 1. The van der Waals surface area contributed by atoms with E-state index in [1.54, 1.807) is 0 Å². The molecule has 2 rings (SSSR count). The van der Waals surface area contributed by atoms with Crippen LogP contribution in [0.15, 0.2) is 0 Å². The molecule has 0 spiro atoms. The molecule has 0 bridgehead atoms. The van der Waals surface area contributed by atoms with Gasteiger partial charge in [0.05, 0.1) is 23.2 Å². The lowest BCUT2D eigenvalue weighted by Crippen LogP contribution is -2.56. The molecular formula is C10H15NO3S. The molecule has 15 heavy (non-hydrogen) atoms. The Labute approximate surface area is 89.8 Å². The summed E-state index contributed by atoms with van der Waals surface area (Å²) in [7, 11) is -3.13. The maximum Gasteiger partial charge on any atom is 0.152 e. The molecule has 0 radical (unpaired) electrons. The molecule has 5 heteroatoms. The maximum absolute atomic E-state index is 11.4. The molecule has 1 heterocycles. The van der Waals surface area contributed by atoms with E-state index < -0.39 is 20.9 Å². The van der Waals surface area contributed by atoms with Crippen LogP contribution in [0.3, 0.4) is 0 Å². The SMILES string of the molecule is CC1CC(O)(C2(C#N)CCS(=O)(=O)C2)C1. The Balaban J connectivity index is 2.30. The number of hydrogen-bond acceptors (Lipinski definition) is 4. The Hall–Kier alpha value is -0.600. The van der Waals surface area contributed by atoms with Gasteiger partial charge in [0.25, 0.3) is 0 Å². The molecule has 1 aliphatic carbocycles. The van der Waals surface area contributed by atoms with E-state index in [-0.39, 0.29) is 17.9 Å². The first-order valence-corrected chi connectivity index (χ1v) is 6.99. The first-order valence-electron chi connectivity index (χ1n) is 5.17. The molecule has 84 valence electrons. The van der Waals surface area contributed by atoms with Crippen molar-refractivity contribution in [1.82, 2.24) is 0 Å².